The molecule has 0 saturated carbocycles. The predicted molar refractivity (Wildman–Crippen MR) is 81.0 cm³/mol. The second-order valence-corrected chi connectivity index (χ2v) is 6.05. The van der Waals surface area contributed by atoms with Gasteiger partial charge in [0.05, 0.1) is 25.9 Å². The zero-order valence-electron chi connectivity index (χ0n) is 13.3. The monoisotopic (exact) mass is 288 g/mol. The third kappa shape index (κ3) is 8.17. The van der Waals surface area contributed by atoms with E-state index < -0.39 is 6.10 Å². The van der Waals surface area contributed by atoms with Crippen LogP contribution in [-0.4, -0.2) is 75.3 Å². The summed E-state index contributed by atoms with van der Waals surface area (Å²) in [5.41, 5.74) is 0. The number of aliphatic hydroxyl groups is 1. The molecule has 0 amide bonds. The van der Waals surface area contributed by atoms with Crippen molar-refractivity contribution in [3.8, 4) is 0 Å². The Morgan fingerprint density at radius 3 is 2.85 bits per heavy atom. The number of piperidine rings is 1. The molecule has 1 aliphatic rings. The van der Waals surface area contributed by atoms with E-state index in [0.717, 1.165) is 19.6 Å². The van der Waals surface area contributed by atoms with Crippen LogP contribution >= 0.6 is 0 Å². The van der Waals surface area contributed by atoms with E-state index in [4.69, 9.17) is 9.47 Å². The van der Waals surface area contributed by atoms with Crippen molar-refractivity contribution in [2.75, 3.05) is 53.1 Å². The molecule has 120 valence electrons. The molecule has 2 unspecified atom stereocenters. The van der Waals surface area contributed by atoms with Crippen LogP contribution < -0.4 is 5.32 Å². The maximum atomic E-state index is 9.98. The summed E-state index contributed by atoms with van der Waals surface area (Å²) < 4.78 is 10.3. The summed E-state index contributed by atoms with van der Waals surface area (Å²) in [6.07, 6.45) is 2.11. The van der Waals surface area contributed by atoms with Gasteiger partial charge in [0.15, 0.2) is 0 Å². The van der Waals surface area contributed by atoms with E-state index in [1.807, 2.05) is 0 Å². The summed E-state index contributed by atoms with van der Waals surface area (Å²) in [7, 11) is 1.65. The normalized spacial score (nSPS) is 22.4. The Kier molecular flexibility index (Phi) is 9.39. The summed E-state index contributed by atoms with van der Waals surface area (Å²) in [5, 5.41) is 13.5. The van der Waals surface area contributed by atoms with Crippen LogP contribution in [0.5, 0.6) is 0 Å². The molecule has 5 heteroatoms. The fraction of sp³-hybridized carbons (Fsp3) is 1.00. The van der Waals surface area contributed by atoms with Crippen molar-refractivity contribution in [2.45, 2.75) is 38.8 Å². The molecule has 2 N–H and O–H groups in total. The topological polar surface area (TPSA) is 54.0 Å². The van der Waals surface area contributed by atoms with Gasteiger partial charge in [-0.15, -0.1) is 0 Å². The second-order valence-electron chi connectivity index (χ2n) is 6.05. The number of nitrogens with zero attached hydrogens (tertiary/aromatic N) is 1. The zero-order valence-corrected chi connectivity index (χ0v) is 13.3. The first-order valence-corrected chi connectivity index (χ1v) is 7.82. The van der Waals surface area contributed by atoms with Gasteiger partial charge in [-0.05, 0) is 31.8 Å². The molecule has 1 fully saturated rings. The van der Waals surface area contributed by atoms with Crippen LogP contribution in [0.2, 0.25) is 0 Å². The Hall–Kier alpha value is -0.200. The number of β-amino-alcohol motifs (C(OH)–C–C–N with tert-alkyl or cyclic N) is 1. The number of hydrogen-bond donors (Lipinski definition) is 2. The van der Waals surface area contributed by atoms with Gasteiger partial charge in [0.25, 0.3) is 0 Å². The van der Waals surface area contributed by atoms with Crippen LogP contribution in [0.1, 0.15) is 26.7 Å². The highest BCUT2D eigenvalue weighted by Gasteiger charge is 2.21. The average Bonchev–Trinajstić information content (AvgIpc) is 2.42. The SMILES string of the molecule is COCCOCC(O)CN1CCCC(CNC(C)C)C1. The minimum atomic E-state index is -0.399. The summed E-state index contributed by atoms with van der Waals surface area (Å²) in [4.78, 5) is 2.36. The highest BCUT2D eigenvalue weighted by atomic mass is 16.5. The number of likely N-dealkylation sites (tertiary alicyclic amines) is 1. The van der Waals surface area contributed by atoms with Gasteiger partial charge in [0, 0.05) is 26.2 Å². The number of hydrogen-bond acceptors (Lipinski definition) is 5. The molecule has 0 spiro atoms. The zero-order chi connectivity index (χ0) is 14.8. The molecule has 0 aromatic rings. The van der Waals surface area contributed by atoms with Crippen molar-refractivity contribution >= 4 is 0 Å². The lowest BCUT2D eigenvalue weighted by Gasteiger charge is -2.34. The summed E-state index contributed by atoms with van der Waals surface area (Å²) >= 11 is 0. The molecule has 20 heavy (non-hydrogen) atoms. The largest absolute Gasteiger partial charge is 0.389 e. The third-order valence-electron chi connectivity index (χ3n) is 3.63. The average molecular weight is 288 g/mol. The summed E-state index contributed by atoms with van der Waals surface area (Å²) in [5.74, 6) is 0.702. The Labute approximate surface area is 123 Å². The van der Waals surface area contributed by atoms with Crippen molar-refractivity contribution in [1.29, 1.82) is 0 Å². The Balaban J connectivity index is 2.15. The minimum Gasteiger partial charge on any atom is -0.389 e. The van der Waals surface area contributed by atoms with Crippen LogP contribution in [0.25, 0.3) is 0 Å². The molecular formula is C15H32N2O3. The van der Waals surface area contributed by atoms with Crippen molar-refractivity contribution in [3.63, 3.8) is 0 Å². The molecular weight excluding hydrogens is 256 g/mol. The predicted octanol–water partition coefficient (Wildman–Crippen LogP) is 0.720. The van der Waals surface area contributed by atoms with E-state index in [1.54, 1.807) is 7.11 Å². The standard InChI is InChI=1S/C15H32N2O3/c1-13(2)16-9-14-5-4-6-17(10-14)11-15(18)12-20-8-7-19-3/h13-16,18H,4-12H2,1-3H3. The van der Waals surface area contributed by atoms with Gasteiger partial charge in [-0.2, -0.15) is 0 Å². The van der Waals surface area contributed by atoms with Crippen molar-refractivity contribution < 1.29 is 14.6 Å². The number of rotatable bonds is 10. The quantitative estimate of drug-likeness (QED) is 0.580. The van der Waals surface area contributed by atoms with E-state index in [1.165, 1.54) is 12.8 Å². The highest BCUT2D eigenvalue weighted by Crippen LogP contribution is 2.16. The lowest BCUT2D eigenvalue weighted by Crippen LogP contribution is -2.44. The van der Waals surface area contributed by atoms with Crippen LogP contribution in [0.3, 0.4) is 0 Å². The van der Waals surface area contributed by atoms with E-state index >= 15 is 0 Å². The van der Waals surface area contributed by atoms with Gasteiger partial charge in [0.1, 0.15) is 0 Å². The van der Waals surface area contributed by atoms with Crippen LogP contribution in [0, 0.1) is 5.92 Å². The molecule has 0 bridgehead atoms. The van der Waals surface area contributed by atoms with E-state index in [-0.39, 0.29) is 0 Å². The first kappa shape index (κ1) is 17.9. The molecule has 0 aromatic carbocycles. The highest BCUT2D eigenvalue weighted by molar-refractivity contribution is 4.77. The molecule has 1 heterocycles. The fourth-order valence-corrected chi connectivity index (χ4v) is 2.60. The summed E-state index contributed by atoms with van der Waals surface area (Å²) in [6, 6.07) is 0.546. The first-order chi connectivity index (χ1) is 9.61. The number of aliphatic hydroxyl groups excluding tert-OH is 1. The molecule has 0 aliphatic carbocycles. The first-order valence-electron chi connectivity index (χ1n) is 7.82. The Morgan fingerprint density at radius 2 is 2.15 bits per heavy atom. The maximum absolute atomic E-state index is 9.98. The summed E-state index contributed by atoms with van der Waals surface area (Å²) in [6.45, 7) is 9.86. The molecule has 5 nitrogen and oxygen atoms in total. The van der Waals surface area contributed by atoms with Crippen molar-refractivity contribution in [3.05, 3.63) is 0 Å². The van der Waals surface area contributed by atoms with E-state index in [2.05, 4.69) is 24.1 Å². The lowest BCUT2D eigenvalue weighted by atomic mass is 9.97. The molecule has 1 aliphatic heterocycles. The molecule has 1 rings (SSSR count). The third-order valence-corrected chi connectivity index (χ3v) is 3.63. The Bertz CT molecular complexity index is 239. The number of nitrogens with one attached hydrogen (secondary N) is 1. The molecule has 0 radical (unpaired) electrons. The van der Waals surface area contributed by atoms with Gasteiger partial charge < -0.3 is 24.8 Å². The fourth-order valence-electron chi connectivity index (χ4n) is 2.60. The number of methoxy groups -OCH3 is 1. The van der Waals surface area contributed by atoms with Gasteiger partial charge >= 0.3 is 0 Å². The van der Waals surface area contributed by atoms with Gasteiger partial charge in [-0.25, -0.2) is 0 Å². The molecule has 1 saturated heterocycles. The van der Waals surface area contributed by atoms with Crippen LogP contribution in [0.4, 0.5) is 0 Å². The van der Waals surface area contributed by atoms with E-state index in [9.17, 15) is 5.11 Å². The Morgan fingerprint density at radius 1 is 1.35 bits per heavy atom. The smallest absolute Gasteiger partial charge is 0.0900 e. The van der Waals surface area contributed by atoms with Gasteiger partial charge in [-0.1, -0.05) is 13.8 Å². The van der Waals surface area contributed by atoms with Crippen LogP contribution in [-0.2, 0) is 9.47 Å². The van der Waals surface area contributed by atoms with Crippen molar-refractivity contribution in [1.82, 2.24) is 10.2 Å². The minimum absolute atomic E-state index is 0.398. The van der Waals surface area contributed by atoms with Crippen LogP contribution in [0.15, 0.2) is 0 Å². The van der Waals surface area contributed by atoms with Crippen molar-refractivity contribution in [2.24, 2.45) is 5.92 Å². The lowest BCUT2D eigenvalue weighted by molar-refractivity contribution is -0.00575. The molecule has 0 aromatic heterocycles. The van der Waals surface area contributed by atoms with E-state index in [0.29, 0.717) is 38.3 Å². The molecule has 2 atom stereocenters. The number of ether oxygens (including phenoxy) is 2. The second kappa shape index (κ2) is 10.5. The maximum Gasteiger partial charge on any atom is 0.0900 e. The van der Waals surface area contributed by atoms with Gasteiger partial charge in [0.2, 0.25) is 0 Å². The van der Waals surface area contributed by atoms with Gasteiger partial charge in [-0.3, -0.25) is 0 Å².